The van der Waals surface area contributed by atoms with Crippen molar-refractivity contribution in [2.45, 2.75) is 70.7 Å². The van der Waals surface area contributed by atoms with Crippen molar-refractivity contribution in [3.8, 4) is 11.5 Å². The summed E-state index contributed by atoms with van der Waals surface area (Å²) in [6.45, 7) is 5.78. The van der Waals surface area contributed by atoms with Crippen LogP contribution in [0.4, 0.5) is 4.79 Å². The van der Waals surface area contributed by atoms with Crippen molar-refractivity contribution in [2.75, 3.05) is 0 Å². The van der Waals surface area contributed by atoms with Gasteiger partial charge in [0.15, 0.2) is 6.04 Å². The molecule has 7 nitrogen and oxygen atoms in total. The zero-order valence-corrected chi connectivity index (χ0v) is 18.9. The molecule has 172 valence electrons. The lowest BCUT2D eigenvalue weighted by molar-refractivity contribution is -0.151. The fraction of sp³-hybridized carbons (Fsp3) is 0.440. The number of nitrogens with two attached hydrogens (primary N) is 1. The third kappa shape index (κ3) is 6.99. The zero-order valence-electron chi connectivity index (χ0n) is 18.9. The van der Waals surface area contributed by atoms with Crippen LogP contribution in [0.25, 0.3) is 0 Å². The Labute approximate surface area is 189 Å². The molecule has 1 saturated carbocycles. The molecule has 0 spiro atoms. The van der Waals surface area contributed by atoms with Gasteiger partial charge in [0.25, 0.3) is 0 Å². The molecule has 0 aromatic heterocycles. The van der Waals surface area contributed by atoms with Crippen LogP contribution in [0, 0.1) is 0 Å². The Balaban J connectivity index is 1.73. The van der Waals surface area contributed by atoms with Crippen molar-refractivity contribution in [1.82, 2.24) is 5.32 Å². The first kappa shape index (κ1) is 23.6. The molecule has 1 amide bonds. The number of hydrogen-bond acceptors (Lipinski definition) is 6. The van der Waals surface area contributed by atoms with E-state index in [1.807, 2.05) is 24.3 Å². The highest BCUT2D eigenvalue weighted by atomic mass is 16.6. The van der Waals surface area contributed by atoms with Gasteiger partial charge in [0.2, 0.25) is 0 Å². The number of hydrogen-bond donors (Lipinski definition) is 2. The van der Waals surface area contributed by atoms with Crippen LogP contribution in [0.5, 0.6) is 11.5 Å². The minimum atomic E-state index is -0.969. The molecule has 1 atom stereocenters. The van der Waals surface area contributed by atoms with Gasteiger partial charge < -0.3 is 25.3 Å². The topological polar surface area (TPSA) is 99.9 Å². The molecule has 0 unspecified atom stereocenters. The highest BCUT2D eigenvalue weighted by Gasteiger charge is 2.30. The summed E-state index contributed by atoms with van der Waals surface area (Å²) in [5, 5.41) is 2.66. The molecule has 7 heteroatoms. The number of ether oxygens (including phenoxy) is 3. The SMILES string of the molecule is CC(C)(C)OC(=O)N[C@H](C(=O)OC1CCCC1)c1ccc(Oc2ccc(CN)cc2)cc1. The first-order valence-electron chi connectivity index (χ1n) is 11.0. The maximum atomic E-state index is 12.9. The molecular weight excluding hydrogens is 408 g/mol. The second kappa shape index (κ2) is 10.5. The number of rotatable bonds is 7. The van der Waals surface area contributed by atoms with Crippen molar-refractivity contribution >= 4 is 12.1 Å². The minimum absolute atomic E-state index is 0.107. The second-order valence-corrected chi connectivity index (χ2v) is 8.94. The molecule has 3 rings (SSSR count). The van der Waals surface area contributed by atoms with E-state index in [1.165, 1.54) is 0 Å². The smallest absolute Gasteiger partial charge is 0.408 e. The lowest BCUT2D eigenvalue weighted by Gasteiger charge is -2.24. The molecule has 1 fully saturated rings. The van der Waals surface area contributed by atoms with Crippen LogP contribution in [0.1, 0.15) is 63.6 Å². The van der Waals surface area contributed by atoms with Crippen molar-refractivity contribution in [2.24, 2.45) is 5.73 Å². The maximum absolute atomic E-state index is 12.9. The van der Waals surface area contributed by atoms with E-state index in [-0.39, 0.29) is 6.10 Å². The van der Waals surface area contributed by atoms with Crippen LogP contribution < -0.4 is 15.8 Å². The standard InChI is InChI=1S/C25H32N2O5/c1-25(2,3)32-24(29)27-22(23(28)31-19-6-4-5-7-19)18-10-14-21(15-11-18)30-20-12-8-17(16-26)9-13-20/h8-15,19,22H,4-7,16,26H2,1-3H3,(H,27,29)/t22-/m0/s1. The van der Waals surface area contributed by atoms with Crippen LogP contribution >= 0.6 is 0 Å². The largest absolute Gasteiger partial charge is 0.461 e. The van der Waals surface area contributed by atoms with Crippen LogP contribution in [-0.2, 0) is 20.8 Å². The molecule has 32 heavy (non-hydrogen) atoms. The molecular formula is C25H32N2O5. The Morgan fingerprint density at radius 2 is 1.56 bits per heavy atom. The third-order valence-electron chi connectivity index (χ3n) is 5.09. The molecule has 0 heterocycles. The van der Waals surface area contributed by atoms with Gasteiger partial charge in [0.1, 0.15) is 23.2 Å². The quantitative estimate of drug-likeness (QED) is 0.589. The summed E-state index contributed by atoms with van der Waals surface area (Å²) >= 11 is 0. The fourth-order valence-electron chi connectivity index (χ4n) is 3.50. The van der Waals surface area contributed by atoms with E-state index in [2.05, 4.69) is 5.32 Å². The molecule has 2 aromatic carbocycles. The Bertz CT molecular complexity index is 897. The van der Waals surface area contributed by atoms with Gasteiger partial charge in [-0.25, -0.2) is 9.59 Å². The Morgan fingerprint density at radius 3 is 2.09 bits per heavy atom. The van der Waals surface area contributed by atoms with Crippen molar-refractivity contribution in [1.29, 1.82) is 0 Å². The minimum Gasteiger partial charge on any atom is -0.461 e. The van der Waals surface area contributed by atoms with Gasteiger partial charge in [0, 0.05) is 6.54 Å². The highest BCUT2D eigenvalue weighted by molar-refractivity contribution is 5.83. The molecule has 0 saturated heterocycles. The van der Waals surface area contributed by atoms with E-state index in [4.69, 9.17) is 19.9 Å². The third-order valence-corrected chi connectivity index (χ3v) is 5.09. The molecule has 1 aliphatic carbocycles. The first-order chi connectivity index (χ1) is 15.2. The predicted octanol–water partition coefficient (Wildman–Crippen LogP) is 4.99. The molecule has 2 aromatic rings. The summed E-state index contributed by atoms with van der Waals surface area (Å²) in [7, 11) is 0. The maximum Gasteiger partial charge on any atom is 0.408 e. The van der Waals surface area contributed by atoms with E-state index < -0.39 is 23.7 Å². The monoisotopic (exact) mass is 440 g/mol. The molecule has 0 radical (unpaired) electrons. The molecule has 1 aliphatic rings. The van der Waals surface area contributed by atoms with Crippen molar-refractivity contribution < 1.29 is 23.8 Å². The van der Waals surface area contributed by atoms with E-state index >= 15 is 0 Å². The number of alkyl carbamates (subject to hydrolysis) is 1. The fourth-order valence-corrected chi connectivity index (χ4v) is 3.50. The molecule has 0 bridgehead atoms. The van der Waals surface area contributed by atoms with E-state index in [0.29, 0.717) is 23.6 Å². The summed E-state index contributed by atoms with van der Waals surface area (Å²) in [5.41, 5.74) is 6.55. The summed E-state index contributed by atoms with van der Waals surface area (Å²) in [6, 6.07) is 13.5. The number of carbonyl (C=O) groups excluding carboxylic acids is 2. The summed E-state index contributed by atoms with van der Waals surface area (Å²) in [6.07, 6.45) is 3.00. The lowest BCUT2D eigenvalue weighted by Crippen LogP contribution is -2.39. The number of nitrogens with one attached hydrogen (secondary N) is 1. The van der Waals surface area contributed by atoms with Crippen LogP contribution in [0.15, 0.2) is 48.5 Å². The number of carbonyl (C=O) groups is 2. The predicted molar refractivity (Wildman–Crippen MR) is 121 cm³/mol. The Hall–Kier alpha value is -3.06. The average Bonchev–Trinajstić information content (AvgIpc) is 3.25. The summed E-state index contributed by atoms with van der Waals surface area (Å²) in [4.78, 5) is 25.3. The van der Waals surface area contributed by atoms with Gasteiger partial charge >= 0.3 is 12.1 Å². The summed E-state index contributed by atoms with van der Waals surface area (Å²) < 4.78 is 16.9. The van der Waals surface area contributed by atoms with E-state index in [0.717, 1.165) is 31.2 Å². The Kier molecular flexibility index (Phi) is 7.75. The van der Waals surface area contributed by atoms with Gasteiger partial charge in [-0.15, -0.1) is 0 Å². The first-order valence-corrected chi connectivity index (χ1v) is 11.0. The van der Waals surface area contributed by atoms with Crippen molar-refractivity contribution in [3.63, 3.8) is 0 Å². The summed E-state index contributed by atoms with van der Waals surface area (Å²) in [5.74, 6) is 0.794. The number of amides is 1. The lowest BCUT2D eigenvalue weighted by atomic mass is 10.1. The molecule has 3 N–H and O–H groups in total. The normalized spacial score (nSPS) is 15.1. The Morgan fingerprint density at radius 1 is 1.00 bits per heavy atom. The van der Waals surface area contributed by atoms with Gasteiger partial charge in [-0.05, 0) is 81.8 Å². The van der Waals surface area contributed by atoms with Gasteiger partial charge in [-0.2, -0.15) is 0 Å². The van der Waals surface area contributed by atoms with Crippen LogP contribution in [0.3, 0.4) is 0 Å². The van der Waals surface area contributed by atoms with Crippen LogP contribution in [0.2, 0.25) is 0 Å². The van der Waals surface area contributed by atoms with Crippen LogP contribution in [-0.4, -0.2) is 23.8 Å². The second-order valence-electron chi connectivity index (χ2n) is 8.94. The van der Waals surface area contributed by atoms with Crippen molar-refractivity contribution in [3.05, 3.63) is 59.7 Å². The highest BCUT2D eigenvalue weighted by Crippen LogP contribution is 2.27. The van der Waals surface area contributed by atoms with Gasteiger partial charge in [0.05, 0.1) is 0 Å². The number of benzene rings is 2. The van der Waals surface area contributed by atoms with Gasteiger partial charge in [-0.1, -0.05) is 24.3 Å². The molecule has 0 aliphatic heterocycles. The van der Waals surface area contributed by atoms with E-state index in [1.54, 1.807) is 45.0 Å². The average molecular weight is 441 g/mol. The van der Waals surface area contributed by atoms with Gasteiger partial charge in [-0.3, -0.25) is 0 Å². The number of esters is 1. The van der Waals surface area contributed by atoms with E-state index in [9.17, 15) is 9.59 Å². The zero-order chi connectivity index (χ0) is 23.1.